The first-order valence-electron chi connectivity index (χ1n) is 5.63. The number of rotatable bonds is 3. The van der Waals surface area contributed by atoms with Gasteiger partial charge in [-0.05, 0) is 30.3 Å². The highest BCUT2D eigenvalue weighted by Gasteiger charge is 2.30. The van der Waals surface area contributed by atoms with Crippen LogP contribution in [0.25, 0.3) is 0 Å². The molecule has 0 amide bonds. The maximum atomic E-state index is 13.4. The monoisotopic (exact) mass is 361 g/mol. The van der Waals surface area contributed by atoms with Gasteiger partial charge in [-0.2, -0.15) is 18.3 Å². The van der Waals surface area contributed by atoms with E-state index in [1.807, 2.05) is 0 Å². The largest absolute Gasteiger partial charge is 0.417 e. The first-order valence-corrected chi connectivity index (χ1v) is 6.43. The average molecular weight is 362 g/mol. The van der Waals surface area contributed by atoms with Gasteiger partial charge < -0.3 is 0 Å². The molecule has 1 N–H and O–H groups in total. The summed E-state index contributed by atoms with van der Waals surface area (Å²) in [6.07, 6.45) is -2.54. The molecule has 0 unspecified atom stereocenters. The van der Waals surface area contributed by atoms with E-state index in [0.717, 1.165) is 12.1 Å². The van der Waals surface area contributed by atoms with E-state index < -0.39 is 17.6 Å². The quantitative estimate of drug-likeness (QED) is 0.498. The van der Waals surface area contributed by atoms with Crippen LogP contribution in [0.2, 0.25) is 0 Å². The molecule has 0 saturated carbocycles. The van der Waals surface area contributed by atoms with Crippen molar-refractivity contribution in [1.82, 2.24) is 4.98 Å². The first kappa shape index (κ1) is 15.4. The smallest absolute Gasteiger partial charge is 0.261 e. The van der Waals surface area contributed by atoms with E-state index in [2.05, 4.69) is 31.4 Å². The van der Waals surface area contributed by atoms with Gasteiger partial charge in [-0.1, -0.05) is 15.9 Å². The van der Waals surface area contributed by atoms with Gasteiger partial charge in [-0.25, -0.2) is 9.37 Å². The number of nitrogens with zero attached hydrogens (tertiary/aromatic N) is 2. The molecule has 0 aliphatic carbocycles. The SMILES string of the molecule is Fc1ccc(Br)cc1/C=N/Nc1ccc(C(F)(F)F)cn1. The zero-order valence-electron chi connectivity index (χ0n) is 10.3. The molecule has 0 bridgehead atoms. The van der Waals surface area contributed by atoms with Crippen LogP contribution in [-0.4, -0.2) is 11.2 Å². The second-order valence-electron chi connectivity index (χ2n) is 3.97. The number of nitrogens with one attached hydrogen (secondary N) is 1. The maximum absolute atomic E-state index is 13.4. The number of pyridine rings is 1. The number of hydrazone groups is 1. The maximum Gasteiger partial charge on any atom is 0.417 e. The Morgan fingerprint density at radius 2 is 1.95 bits per heavy atom. The van der Waals surface area contributed by atoms with Crippen molar-refractivity contribution in [2.45, 2.75) is 6.18 Å². The molecule has 3 nitrogen and oxygen atoms in total. The zero-order valence-corrected chi connectivity index (χ0v) is 11.9. The van der Waals surface area contributed by atoms with Crippen molar-refractivity contribution in [3.05, 3.63) is 57.9 Å². The first-order chi connectivity index (χ1) is 9.86. The Kier molecular flexibility index (Phi) is 4.56. The van der Waals surface area contributed by atoms with Gasteiger partial charge in [0.05, 0.1) is 11.8 Å². The van der Waals surface area contributed by atoms with Crippen LogP contribution in [0.5, 0.6) is 0 Å². The molecule has 8 heteroatoms. The lowest BCUT2D eigenvalue weighted by Gasteiger charge is -2.06. The van der Waals surface area contributed by atoms with Crippen LogP contribution in [0.4, 0.5) is 23.4 Å². The molecular formula is C13H8BrF4N3. The lowest BCUT2D eigenvalue weighted by Crippen LogP contribution is -2.05. The highest BCUT2D eigenvalue weighted by molar-refractivity contribution is 9.10. The average Bonchev–Trinajstić information content (AvgIpc) is 2.42. The molecule has 0 aliphatic rings. The number of benzene rings is 1. The van der Waals surface area contributed by atoms with Gasteiger partial charge in [0.15, 0.2) is 0 Å². The normalized spacial score (nSPS) is 11.9. The van der Waals surface area contributed by atoms with E-state index in [1.165, 1.54) is 24.4 Å². The third-order valence-electron chi connectivity index (χ3n) is 2.43. The fraction of sp³-hybridized carbons (Fsp3) is 0.0769. The minimum absolute atomic E-state index is 0.120. The second-order valence-corrected chi connectivity index (χ2v) is 4.88. The molecule has 1 aromatic carbocycles. The van der Waals surface area contributed by atoms with Crippen LogP contribution in [0.15, 0.2) is 46.1 Å². The molecule has 0 spiro atoms. The number of anilines is 1. The lowest BCUT2D eigenvalue weighted by molar-refractivity contribution is -0.137. The Morgan fingerprint density at radius 1 is 1.19 bits per heavy atom. The standard InChI is InChI=1S/C13H8BrF4N3/c14-10-2-3-11(15)8(5-10)6-20-21-12-4-1-9(7-19-12)13(16,17)18/h1-7H,(H,19,21)/b20-6+. The molecule has 2 aromatic rings. The summed E-state index contributed by atoms with van der Waals surface area (Å²) >= 11 is 3.19. The number of halogens is 5. The third-order valence-corrected chi connectivity index (χ3v) is 2.92. The summed E-state index contributed by atoms with van der Waals surface area (Å²) < 4.78 is 51.1. The van der Waals surface area contributed by atoms with Crippen molar-refractivity contribution in [3.8, 4) is 0 Å². The predicted octanol–water partition coefficient (Wildman–Crippen LogP) is 4.45. The van der Waals surface area contributed by atoms with Crippen LogP contribution < -0.4 is 5.43 Å². The summed E-state index contributed by atoms with van der Waals surface area (Å²) in [7, 11) is 0. The van der Waals surface area contributed by atoms with Crippen molar-refractivity contribution in [1.29, 1.82) is 0 Å². The highest BCUT2D eigenvalue weighted by atomic mass is 79.9. The van der Waals surface area contributed by atoms with Crippen molar-refractivity contribution in [3.63, 3.8) is 0 Å². The number of aromatic nitrogens is 1. The number of hydrogen-bond acceptors (Lipinski definition) is 3. The summed E-state index contributed by atoms with van der Waals surface area (Å²) in [5.41, 5.74) is 1.80. The van der Waals surface area contributed by atoms with E-state index in [-0.39, 0.29) is 11.4 Å². The van der Waals surface area contributed by atoms with Gasteiger partial charge >= 0.3 is 6.18 Å². The van der Waals surface area contributed by atoms with Crippen LogP contribution >= 0.6 is 15.9 Å². The van der Waals surface area contributed by atoms with E-state index in [9.17, 15) is 17.6 Å². The molecule has 21 heavy (non-hydrogen) atoms. The molecule has 0 aliphatic heterocycles. The van der Waals surface area contributed by atoms with Crippen molar-refractivity contribution >= 4 is 28.0 Å². The van der Waals surface area contributed by atoms with Gasteiger partial charge in [0.1, 0.15) is 11.6 Å². The Hall–Kier alpha value is -1.96. The summed E-state index contributed by atoms with van der Waals surface area (Å²) in [6, 6.07) is 6.34. The van der Waals surface area contributed by atoms with Gasteiger partial charge in [0.25, 0.3) is 0 Å². The topological polar surface area (TPSA) is 37.3 Å². The van der Waals surface area contributed by atoms with Crippen LogP contribution in [-0.2, 0) is 6.18 Å². The van der Waals surface area contributed by atoms with E-state index >= 15 is 0 Å². The molecular weight excluding hydrogens is 354 g/mol. The van der Waals surface area contributed by atoms with Crippen molar-refractivity contribution in [2.75, 3.05) is 5.43 Å². The van der Waals surface area contributed by atoms with Crippen LogP contribution in [0.3, 0.4) is 0 Å². The summed E-state index contributed by atoms with van der Waals surface area (Å²) in [4.78, 5) is 3.57. The number of hydrogen-bond donors (Lipinski definition) is 1. The minimum atomic E-state index is -4.44. The summed E-state index contributed by atoms with van der Waals surface area (Å²) in [5.74, 6) is -0.348. The van der Waals surface area contributed by atoms with Gasteiger partial charge in [-0.15, -0.1) is 0 Å². The molecule has 110 valence electrons. The van der Waals surface area contributed by atoms with Gasteiger partial charge in [0, 0.05) is 16.2 Å². The Bertz CT molecular complexity index is 653. The molecule has 0 fully saturated rings. The zero-order chi connectivity index (χ0) is 15.5. The second kappa shape index (κ2) is 6.21. The molecule has 0 radical (unpaired) electrons. The summed E-state index contributed by atoms with van der Waals surface area (Å²) in [5, 5.41) is 3.73. The highest BCUT2D eigenvalue weighted by Crippen LogP contribution is 2.28. The molecule has 0 atom stereocenters. The molecule has 1 heterocycles. The minimum Gasteiger partial charge on any atom is -0.261 e. The summed E-state index contributed by atoms with van der Waals surface area (Å²) in [6.45, 7) is 0. The van der Waals surface area contributed by atoms with Gasteiger partial charge in [-0.3, -0.25) is 5.43 Å². The predicted molar refractivity (Wildman–Crippen MR) is 74.6 cm³/mol. The Morgan fingerprint density at radius 3 is 2.57 bits per heavy atom. The molecule has 1 aromatic heterocycles. The van der Waals surface area contributed by atoms with E-state index in [0.29, 0.717) is 10.7 Å². The lowest BCUT2D eigenvalue weighted by atomic mass is 10.2. The van der Waals surface area contributed by atoms with Crippen LogP contribution in [0.1, 0.15) is 11.1 Å². The number of alkyl halides is 3. The Balaban J connectivity index is 2.06. The van der Waals surface area contributed by atoms with Gasteiger partial charge in [0.2, 0.25) is 0 Å². The molecule has 2 rings (SSSR count). The fourth-order valence-corrected chi connectivity index (χ4v) is 1.79. The molecule has 0 saturated heterocycles. The fourth-order valence-electron chi connectivity index (χ4n) is 1.41. The van der Waals surface area contributed by atoms with Crippen LogP contribution in [0, 0.1) is 5.82 Å². The Labute approximate surface area is 125 Å². The third kappa shape index (κ3) is 4.25. The van der Waals surface area contributed by atoms with Crippen molar-refractivity contribution in [2.24, 2.45) is 5.10 Å². The van der Waals surface area contributed by atoms with Crippen molar-refractivity contribution < 1.29 is 17.6 Å². The van der Waals surface area contributed by atoms with E-state index in [1.54, 1.807) is 0 Å². The van der Waals surface area contributed by atoms with E-state index in [4.69, 9.17) is 0 Å².